The second-order valence-electron chi connectivity index (χ2n) is 3.77. The van der Waals surface area contributed by atoms with Gasteiger partial charge in [0, 0.05) is 6.04 Å². The number of terminal acetylenes is 1. The van der Waals surface area contributed by atoms with Crippen LogP contribution in [0.3, 0.4) is 0 Å². The molecule has 0 aromatic rings. The molecule has 0 amide bonds. The van der Waals surface area contributed by atoms with Crippen LogP contribution in [0.25, 0.3) is 0 Å². The van der Waals surface area contributed by atoms with Crippen molar-refractivity contribution in [3.05, 3.63) is 0 Å². The van der Waals surface area contributed by atoms with Gasteiger partial charge in [-0.3, -0.25) is 0 Å². The molecule has 0 aliphatic heterocycles. The minimum atomic E-state index is 0.612. The summed E-state index contributed by atoms with van der Waals surface area (Å²) in [4.78, 5) is 0. The molecule has 0 radical (unpaired) electrons. The first-order chi connectivity index (χ1) is 5.84. The van der Waals surface area contributed by atoms with Crippen LogP contribution in [0.2, 0.25) is 0 Å². The molecule has 0 saturated heterocycles. The van der Waals surface area contributed by atoms with Crippen LogP contribution >= 0.6 is 0 Å². The van der Waals surface area contributed by atoms with Crippen LogP contribution in [-0.4, -0.2) is 12.6 Å². The normalized spacial score (nSPS) is 21.7. The third-order valence-electron chi connectivity index (χ3n) is 2.88. The summed E-state index contributed by atoms with van der Waals surface area (Å²) in [6, 6.07) is 0.612. The Morgan fingerprint density at radius 3 is 2.67 bits per heavy atom. The third kappa shape index (κ3) is 2.87. The van der Waals surface area contributed by atoms with Gasteiger partial charge in [-0.15, -0.1) is 6.42 Å². The smallest absolute Gasteiger partial charge is 0.0575 e. The average Bonchev–Trinajstić information content (AvgIpc) is 2.15. The Labute approximate surface area is 75.9 Å². The van der Waals surface area contributed by atoms with E-state index in [0.717, 1.165) is 12.5 Å². The summed E-state index contributed by atoms with van der Waals surface area (Å²) in [6.07, 6.45) is 12.2. The summed E-state index contributed by atoms with van der Waals surface area (Å²) >= 11 is 0. The Morgan fingerprint density at radius 1 is 1.42 bits per heavy atom. The highest BCUT2D eigenvalue weighted by molar-refractivity contribution is 4.89. The molecule has 0 spiro atoms. The Kier molecular flexibility index (Phi) is 4.18. The molecule has 0 heterocycles. The van der Waals surface area contributed by atoms with E-state index in [9.17, 15) is 0 Å². The average molecular weight is 165 g/mol. The summed E-state index contributed by atoms with van der Waals surface area (Å²) in [6.45, 7) is 2.98. The second kappa shape index (κ2) is 5.22. The van der Waals surface area contributed by atoms with E-state index >= 15 is 0 Å². The maximum Gasteiger partial charge on any atom is 0.0575 e. The maximum atomic E-state index is 5.19. The van der Waals surface area contributed by atoms with Gasteiger partial charge in [0.15, 0.2) is 0 Å². The fourth-order valence-corrected chi connectivity index (χ4v) is 2.02. The molecule has 0 bridgehead atoms. The molecule has 1 rings (SSSR count). The molecule has 0 aromatic carbocycles. The summed E-state index contributed by atoms with van der Waals surface area (Å²) in [5.41, 5.74) is 0. The van der Waals surface area contributed by atoms with Gasteiger partial charge in [-0.1, -0.05) is 25.2 Å². The zero-order valence-corrected chi connectivity index (χ0v) is 7.97. The molecule has 12 heavy (non-hydrogen) atoms. The van der Waals surface area contributed by atoms with Gasteiger partial charge in [-0.05, 0) is 25.7 Å². The lowest BCUT2D eigenvalue weighted by Gasteiger charge is -2.27. The van der Waals surface area contributed by atoms with Crippen LogP contribution in [0, 0.1) is 18.3 Å². The van der Waals surface area contributed by atoms with Crippen molar-refractivity contribution in [1.82, 2.24) is 5.32 Å². The zero-order valence-electron chi connectivity index (χ0n) is 7.97. The Morgan fingerprint density at radius 2 is 2.08 bits per heavy atom. The highest BCUT2D eigenvalue weighted by Gasteiger charge is 2.18. The lowest BCUT2D eigenvalue weighted by Crippen LogP contribution is -2.34. The van der Waals surface area contributed by atoms with Gasteiger partial charge in [0.05, 0.1) is 6.54 Å². The van der Waals surface area contributed by atoms with Crippen molar-refractivity contribution in [2.24, 2.45) is 5.92 Å². The first-order valence-electron chi connectivity index (χ1n) is 5.01. The van der Waals surface area contributed by atoms with Gasteiger partial charge in [0.2, 0.25) is 0 Å². The lowest BCUT2D eigenvalue weighted by atomic mass is 9.84. The topological polar surface area (TPSA) is 12.0 Å². The molecule has 1 N–H and O–H groups in total. The Bertz CT molecular complexity index is 151. The predicted molar refractivity (Wildman–Crippen MR) is 52.9 cm³/mol. The summed E-state index contributed by atoms with van der Waals surface area (Å²) in [7, 11) is 0. The lowest BCUT2D eigenvalue weighted by molar-refractivity contribution is 0.287. The van der Waals surface area contributed by atoms with Crippen molar-refractivity contribution in [2.45, 2.75) is 45.1 Å². The summed E-state index contributed by atoms with van der Waals surface area (Å²) in [5, 5.41) is 3.37. The van der Waals surface area contributed by atoms with E-state index in [1.807, 2.05) is 0 Å². The van der Waals surface area contributed by atoms with Gasteiger partial charge in [0.1, 0.15) is 0 Å². The molecule has 1 unspecified atom stereocenters. The van der Waals surface area contributed by atoms with Crippen LogP contribution in [-0.2, 0) is 0 Å². The van der Waals surface area contributed by atoms with Crippen molar-refractivity contribution in [3.8, 4) is 12.3 Å². The third-order valence-corrected chi connectivity index (χ3v) is 2.88. The Balaban J connectivity index is 2.21. The van der Waals surface area contributed by atoms with Crippen molar-refractivity contribution in [3.63, 3.8) is 0 Å². The minimum Gasteiger partial charge on any atom is -0.303 e. The van der Waals surface area contributed by atoms with Gasteiger partial charge in [0.25, 0.3) is 0 Å². The molecular weight excluding hydrogens is 146 g/mol. The number of nitrogens with one attached hydrogen (secondary N) is 1. The highest BCUT2D eigenvalue weighted by Crippen LogP contribution is 2.25. The van der Waals surface area contributed by atoms with E-state index in [-0.39, 0.29) is 0 Å². The van der Waals surface area contributed by atoms with Crippen molar-refractivity contribution >= 4 is 0 Å². The highest BCUT2D eigenvalue weighted by atomic mass is 14.9. The van der Waals surface area contributed by atoms with E-state index < -0.39 is 0 Å². The molecule has 1 atom stereocenters. The van der Waals surface area contributed by atoms with Crippen molar-refractivity contribution < 1.29 is 0 Å². The molecule has 1 heteroatoms. The van der Waals surface area contributed by atoms with E-state index in [2.05, 4.69) is 18.2 Å². The Hall–Kier alpha value is -0.480. The maximum absolute atomic E-state index is 5.19. The second-order valence-corrected chi connectivity index (χ2v) is 3.77. The molecule has 1 aliphatic rings. The SMILES string of the molecule is C#CCNC(C)C1CCCCC1. The molecular formula is C11H19N. The first kappa shape index (κ1) is 9.61. The van der Waals surface area contributed by atoms with Crippen LogP contribution in [0.1, 0.15) is 39.0 Å². The zero-order chi connectivity index (χ0) is 8.81. The van der Waals surface area contributed by atoms with E-state index in [0.29, 0.717) is 6.04 Å². The van der Waals surface area contributed by atoms with Crippen LogP contribution in [0.5, 0.6) is 0 Å². The molecule has 68 valence electrons. The quantitative estimate of drug-likeness (QED) is 0.632. The van der Waals surface area contributed by atoms with Gasteiger partial charge in [-0.2, -0.15) is 0 Å². The van der Waals surface area contributed by atoms with Crippen LogP contribution in [0.15, 0.2) is 0 Å². The van der Waals surface area contributed by atoms with E-state index in [1.165, 1.54) is 32.1 Å². The fourth-order valence-electron chi connectivity index (χ4n) is 2.02. The summed E-state index contributed by atoms with van der Waals surface area (Å²) in [5.74, 6) is 3.49. The van der Waals surface area contributed by atoms with Gasteiger partial charge < -0.3 is 5.32 Å². The molecule has 0 aromatic heterocycles. The standard InChI is InChI=1S/C11H19N/c1-3-9-12-10(2)11-7-5-4-6-8-11/h1,10-12H,4-9H2,2H3. The molecule has 1 saturated carbocycles. The molecule has 1 fully saturated rings. The largest absolute Gasteiger partial charge is 0.303 e. The van der Waals surface area contributed by atoms with Crippen molar-refractivity contribution in [2.75, 3.05) is 6.54 Å². The van der Waals surface area contributed by atoms with E-state index in [4.69, 9.17) is 6.42 Å². The number of rotatable bonds is 3. The summed E-state index contributed by atoms with van der Waals surface area (Å²) < 4.78 is 0. The number of hydrogen-bond acceptors (Lipinski definition) is 1. The van der Waals surface area contributed by atoms with Gasteiger partial charge >= 0.3 is 0 Å². The molecule has 1 aliphatic carbocycles. The number of hydrogen-bond donors (Lipinski definition) is 1. The predicted octanol–water partition coefficient (Wildman–Crippen LogP) is 2.18. The van der Waals surface area contributed by atoms with E-state index in [1.54, 1.807) is 0 Å². The van der Waals surface area contributed by atoms with Gasteiger partial charge in [-0.25, -0.2) is 0 Å². The first-order valence-corrected chi connectivity index (χ1v) is 5.01. The fraction of sp³-hybridized carbons (Fsp3) is 0.818. The van der Waals surface area contributed by atoms with Crippen LogP contribution < -0.4 is 5.32 Å². The minimum absolute atomic E-state index is 0.612. The molecule has 1 nitrogen and oxygen atoms in total. The van der Waals surface area contributed by atoms with Crippen molar-refractivity contribution in [1.29, 1.82) is 0 Å². The monoisotopic (exact) mass is 165 g/mol. The van der Waals surface area contributed by atoms with Crippen LogP contribution in [0.4, 0.5) is 0 Å².